The Balaban J connectivity index is 2.75. The van der Waals surface area contributed by atoms with Crippen LogP contribution in [0.4, 0.5) is 0 Å². The van der Waals surface area contributed by atoms with E-state index in [1.54, 1.807) is 18.4 Å². The summed E-state index contributed by atoms with van der Waals surface area (Å²) in [6, 6.07) is 0. The lowest BCUT2D eigenvalue weighted by molar-refractivity contribution is 1.44. The first-order valence-electron chi connectivity index (χ1n) is 4.12. The number of aliphatic imine (C=N–C) groups is 1. The maximum absolute atomic E-state index is 4.22. The molecule has 0 unspecified atom stereocenters. The standard InChI is InChI=1S/C12H11N/c1-3-11(2)10-13-12-8-6-4-5-7-9-12/h3-4,7,9-10H,1-2H3/b11-3-,13-10?. The Morgan fingerprint density at radius 2 is 2.38 bits per heavy atom. The average Bonchev–Trinajstić information content (AvgIpc) is 2.42. The van der Waals surface area contributed by atoms with Crippen LogP contribution in [0.15, 0.2) is 46.3 Å². The highest BCUT2D eigenvalue weighted by Gasteiger charge is 1.86. The van der Waals surface area contributed by atoms with Gasteiger partial charge in [-0.05, 0) is 37.5 Å². The van der Waals surface area contributed by atoms with Crippen molar-refractivity contribution >= 4 is 6.21 Å². The van der Waals surface area contributed by atoms with Crippen LogP contribution in [-0.4, -0.2) is 6.21 Å². The lowest BCUT2D eigenvalue weighted by atomic mass is 10.3. The van der Waals surface area contributed by atoms with Crippen molar-refractivity contribution < 1.29 is 0 Å². The number of hydrogen-bond donors (Lipinski definition) is 0. The highest BCUT2D eigenvalue weighted by Crippen LogP contribution is 1.98. The van der Waals surface area contributed by atoms with E-state index < -0.39 is 0 Å². The number of nitrogens with zero attached hydrogens (tertiary/aromatic N) is 1. The zero-order chi connectivity index (χ0) is 9.52. The number of hydrogen-bond acceptors (Lipinski definition) is 1. The van der Waals surface area contributed by atoms with Crippen LogP contribution in [-0.2, 0) is 0 Å². The largest absolute Gasteiger partial charge is 0.247 e. The van der Waals surface area contributed by atoms with Crippen molar-refractivity contribution in [3.8, 4) is 11.8 Å². The Bertz CT molecular complexity index is 389. The Hall–Kier alpha value is -1.77. The Kier molecular flexibility index (Phi) is 3.57. The third-order valence-corrected chi connectivity index (χ3v) is 1.56. The second kappa shape index (κ2) is 4.98. The van der Waals surface area contributed by atoms with Crippen molar-refractivity contribution in [1.29, 1.82) is 0 Å². The molecule has 0 N–H and O–H groups in total. The summed E-state index contributed by atoms with van der Waals surface area (Å²) in [5, 5.41) is 0. The fourth-order valence-corrected chi connectivity index (χ4v) is 0.690. The third kappa shape index (κ3) is 3.42. The fourth-order valence-electron chi connectivity index (χ4n) is 0.690. The molecule has 0 aliphatic heterocycles. The summed E-state index contributed by atoms with van der Waals surface area (Å²) in [5.41, 5.74) is 4.79. The quantitative estimate of drug-likeness (QED) is 0.342. The molecule has 0 saturated carbocycles. The van der Waals surface area contributed by atoms with Crippen LogP contribution in [0, 0.1) is 11.8 Å². The van der Waals surface area contributed by atoms with Gasteiger partial charge in [0.05, 0.1) is 0 Å². The molecular formula is C12H11N. The zero-order valence-corrected chi connectivity index (χ0v) is 7.83. The average molecular weight is 169 g/mol. The van der Waals surface area contributed by atoms with Crippen molar-refractivity contribution in [2.24, 2.45) is 4.99 Å². The first-order valence-corrected chi connectivity index (χ1v) is 4.12. The van der Waals surface area contributed by atoms with E-state index in [1.165, 1.54) is 0 Å². The van der Waals surface area contributed by atoms with Crippen LogP contribution >= 0.6 is 0 Å². The van der Waals surface area contributed by atoms with Gasteiger partial charge in [-0.2, -0.15) is 0 Å². The van der Waals surface area contributed by atoms with Crippen LogP contribution in [0.1, 0.15) is 13.8 Å². The van der Waals surface area contributed by atoms with Gasteiger partial charge in [0.2, 0.25) is 0 Å². The summed E-state index contributed by atoms with van der Waals surface area (Å²) in [6.07, 6.45) is 9.13. The molecule has 1 nitrogen and oxygen atoms in total. The summed E-state index contributed by atoms with van der Waals surface area (Å²) in [7, 11) is 0. The molecule has 1 rings (SSSR count). The van der Waals surface area contributed by atoms with Crippen molar-refractivity contribution in [2.75, 3.05) is 0 Å². The Labute approximate surface area is 78.9 Å². The predicted octanol–water partition coefficient (Wildman–Crippen LogP) is 2.64. The third-order valence-electron chi connectivity index (χ3n) is 1.56. The highest BCUT2D eigenvalue weighted by molar-refractivity contribution is 5.79. The molecule has 0 bridgehead atoms. The van der Waals surface area contributed by atoms with E-state index in [4.69, 9.17) is 0 Å². The molecule has 1 aliphatic carbocycles. The summed E-state index contributed by atoms with van der Waals surface area (Å²) in [4.78, 5) is 4.22. The normalized spacial score (nSPS) is 15.2. The molecule has 0 amide bonds. The van der Waals surface area contributed by atoms with E-state index in [0.29, 0.717) is 0 Å². The van der Waals surface area contributed by atoms with Gasteiger partial charge < -0.3 is 0 Å². The van der Waals surface area contributed by atoms with Gasteiger partial charge in [0.1, 0.15) is 5.70 Å². The molecule has 0 radical (unpaired) electrons. The Morgan fingerprint density at radius 1 is 1.54 bits per heavy atom. The minimum Gasteiger partial charge on any atom is -0.247 e. The lowest BCUT2D eigenvalue weighted by Crippen LogP contribution is -1.78. The molecule has 0 aromatic heterocycles. The molecule has 0 heterocycles. The maximum atomic E-state index is 4.22. The van der Waals surface area contributed by atoms with Crippen LogP contribution < -0.4 is 0 Å². The van der Waals surface area contributed by atoms with Crippen molar-refractivity contribution in [2.45, 2.75) is 13.8 Å². The maximum Gasteiger partial charge on any atom is 0.114 e. The van der Waals surface area contributed by atoms with Crippen LogP contribution in [0.25, 0.3) is 0 Å². The van der Waals surface area contributed by atoms with Gasteiger partial charge in [-0.25, -0.2) is 4.99 Å². The van der Waals surface area contributed by atoms with Crippen molar-refractivity contribution in [1.82, 2.24) is 0 Å². The van der Waals surface area contributed by atoms with Crippen LogP contribution in [0.2, 0.25) is 0 Å². The summed E-state index contributed by atoms with van der Waals surface area (Å²) in [5.74, 6) is 5.72. The molecule has 0 aromatic carbocycles. The first-order chi connectivity index (χ1) is 6.33. The molecule has 13 heavy (non-hydrogen) atoms. The predicted molar refractivity (Wildman–Crippen MR) is 56.4 cm³/mol. The van der Waals surface area contributed by atoms with Gasteiger partial charge in [-0.3, -0.25) is 0 Å². The van der Waals surface area contributed by atoms with Gasteiger partial charge in [-0.1, -0.05) is 12.0 Å². The van der Waals surface area contributed by atoms with E-state index in [-0.39, 0.29) is 0 Å². The van der Waals surface area contributed by atoms with Gasteiger partial charge >= 0.3 is 0 Å². The molecule has 64 valence electrons. The molecular weight excluding hydrogens is 158 g/mol. The molecule has 0 fully saturated rings. The number of rotatable bonds is 2. The van der Waals surface area contributed by atoms with Crippen molar-refractivity contribution in [3.05, 3.63) is 41.3 Å². The van der Waals surface area contributed by atoms with E-state index in [9.17, 15) is 0 Å². The van der Waals surface area contributed by atoms with Gasteiger partial charge in [0.25, 0.3) is 0 Å². The van der Waals surface area contributed by atoms with E-state index >= 15 is 0 Å². The smallest absolute Gasteiger partial charge is 0.114 e. The van der Waals surface area contributed by atoms with E-state index in [2.05, 4.69) is 22.6 Å². The molecule has 1 aliphatic rings. The second-order valence-electron chi connectivity index (χ2n) is 2.59. The SMILES string of the molecule is C/C=C(/C)C=NC1=CC=C=CC#C1. The molecule has 0 aromatic rings. The monoisotopic (exact) mass is 169 g/mol. The highest BCUT2D eigenvalue weighted by atomic mass is 14.7. The topological polar surface area (TPSA) is 12.4 Å². The van der Waals surface area contributed by atoms with Crippen LogP contribution in [0.3, 0.4) is 0 Å². The van der Waals surface area contributed by atoms with E-state index in [1.807, 2.05) is 26.0 Å². The first kappa shape index (κ1) is 9.32. The lowest BCUT2D eigenvalue weighted by Gasteiger charge is -1.88. The minimum atomic E-state index is 0.766. The van der Waals surface area contributed by atoms with Crippen LogP contribution in [0.5, 0.6) is 0 Å². The second-order valence-corrected chi connectivity index (χ2v) is 2.59. The summed E-state index contributed by atoms with van der Waals surface area (Å²) < 4.78 is 0. The summed E-state index contributed by atoms with van der Waals surface area (Å²) >= 11 is 0. The minimum absolute atomic E-state index is 0.766. The van der Waals surface area contributed by atoms with Gasteiger partial charge in [0.15, 0.2) is 0 Å². The van der Waals surface area contributed by atoms with Gasteiger partial charge in [-0.15, -0.1) is 5.73 Å². The molecule has 0 atom stereocenters. The fraction of sp³-hybridized carbons (Fsp3) is 0.167. The van der Waals surface area contributed by atoms with E-state index in [0.717, 1.165) is 11.3 Å². The Morgan fingerprint density at radius 3 is 3.15 bits per heavy atom. The van der Waals surface area contributed by atoms with Gasteiger partial charge in [0, 0.05) is 12.3 Å². The number of allylic oxidation sites excluding steroid dienone is 5. The zero-order valence-electron chi connectivity index (χ0n) is 7.83. The molecule has 0 spiro atoms. The molecule has 1 heteroatoms. The molecule has 0 saturated heterocycles. The summed E-state index contributed by atoms with van der Waals surface area (Å²) in [6.45, 7) is 3.98. The van der Waals surface area contributed by atoms with Crippen molar-refractivity contribution in [3.63, 3.8) is 0 Å².